The van der Waals surface area contributed by atoms with Crippen LogP contribution >= 0.6 is 23.2 Å². The Labute approximate surface area is 156 Å². The molecule has 2 aromatic rings. The molecule has 3 rings (SSSR count). The molecule has 0 saturated heterocycles. The van der Waals surface area contributed by atoms with E-state index < -0.39 is 0 Å². The monoisotopic (exact) mass is 380 g/mol. The molecule has 1 aliphatic heterocycles. The number of benzene rings is 2. The van der Waals surface area contributed by atoms with Crippen molar-refractivity contribution < 1.29 is 14.3 Å². The second kappa shape index (κ2) is 7.95. The lowest BCUT2D eigenvalue weighted by Gasteiger charge is -2.17. The van der Waals surface area contributed by atoms with E-state index >= 15 is 0 Å². The van der Waals surface area contributed by atoms with Gasteiger partial charge in [-0.3, -0.25) is 9.69 Å². The first-order valence-corrected chi connectivity index (χ1v) is 8.54. The normalized spacial score (nSPS) is 12.5. The number of carbonyl (C=O) groups is 1. The van der Waals surface area contributed by atoms with Crippen LogP contribution in [0.15, 0.2) is 36.4 Å². The summed E-state index contributed by atoms with van der Waals surface area (Å²) < 4.78 is 10.6. The van der Waals surface area contributed by atoms with E-state index in [2.05, 4.69) is 5.32 Å². The molecule has 0 fully saturated rings. The number of hydrogen-bond acceptors (Lipinski definition) is 4. The Bertz CT molecular complexity index is 783. The number of ether oxygens (including phenoxy) is 2. The van der Waals surface area contributed by atoms with Crippen molar-refractivity contribution in [3.05, 3.63) is 57.6 Å². The Balaban J connectivity index is 1.47. The van der Waals surface area contributed by atoms with Crippen LogP contribution in [0.4, 0.5) is 0 Å². The summed E-state index contributed by atoms with van der Waals surface area (Å²) in [6.45, 7) is 1.57. The third-order valence-corrected chi connectivity index (χ3v) is 4.52. The molecule has 0 radical (unpaired) electrons. The van der Waals surface area contributed by atoms with Crippen molar-refractivity contribution in [1.82, 2.24) is 10.2 Å². The Hall–Kier alpha value is -1.95. The maximum absolute atomic E-state index is 12.1. The Morgan fingerprint density at radius 3 is 2.64 bits per heavy atom. The first-order chi connectivity index (χ1) is 12.0. The molecule has 0 unspecified atom stereocenters. The Morgan fingerprint density at radius 2 is 1.84 bits per heavy atom. The van der Waals surface area contributed by atoms with Gasteiger partial charge in [-0.1, -0.05) is 35.3 Å². The van der Waals surface area contributed by atoms with Crippen molar-refractivity contribution in [2.75, 3.05) is 20.4 Å². The highest BCUT2D eigenvalue weighted by molar-refractivity contribution is 6.42. The summed E-state index contributed by atoms with van der Waals surface area (Å²) in [6, 6.07) is 11.1. The maximum Gasteiger partial charge on any atom is 0.234 e. The van der Waals surface area contributed by atoms with Crippen molar-refractivity contribution >= 4 is 29.1 Å². The molecule has 1 amide bonds. The molecule has 0 saturated carbocycles. The molecule has 1 aliphatic rings. The zero-order chi connectivity index (χ0) is 17.8. The smallest absolute Gasteiger partial charge is 0.234 e. The summed E-state index contributed by atoms with van der Waals surface area (Å²) in [6.07, 6.45) is 0. The van der Waals surface area contributed by atoms with Crippen molar-refractivity contribution in [3.8, 4) is 11.5 Å². The van der Waals surface area contributed by atoms with Gasteiger partial charge in [0, 0.05) is 13.1 Å². The fourth-order valence-corrected chi connectivity index (χ4v) is 2.88. The number of nitrogens with zero attached hydrogens (tertiary/aromatic N) is 1. The average molecular weight is 381 g/mol. The average Bonchev–Trinajstić information content (AvgIpc) is 3.04. The Kier molecular flexibility index (Phi) is 5.68. The van der Waals surface area contributed by atoms with Crippen LogP contribution in [-0.4, -0.2) is 31.2 Å². The molecule has 7 heteroatoms. The lowest BCUT2D eigenvalue weighted by atomic mass is 10.2. The van der Waals surface area contributed by atoms with Gasteiger partial charge in [-0.15, -0.1) is 0 Å². The van der Waals surface area contributed by atoms with Gasteiger partial charge in [0.2, 0.25) is 12.7 Å². The van der Waals surface area contributed by atoms with Crippen LogP contribution in [0.1, 0.15) is 11.1 Å². The van der Waals surface area contributed by atoms with Gasteiger partial charge in [-0.25, -0.2) is 0 Å². The SMILES string of the molecule is CN(CC(=O)NCc1ccc2c(c1)OCO2)Cc1ccc(Cl)c(Cl)c1. The number of amides is 1. The molecule has 5 nitrogen and oxygen atoms in total. The fraction of sp³-hybridized carbons (Fsp3) is 0.278. The molecule has 0 bridgehead atoms. The number of hydrogen-bond donors (Lipinski definition) is 1. The van der Waals surface area contributed by atoms with E-state index in [0.717, 1.165) is 16.9 Å². The van der Waals surface area contributed by atoms with Gasteiger partial charge in [-0.05, 0) is 42.4 Å². The minimum Gasteiger partial charge on any atom is -0.454 e. The van der Waals surface area contributed by atoms with Crippen LogP contribution in [0, 0.1) is 0 Å². The first kappa shape index (κ1) is 17.9. The predicted octanol–water partition coefficient (Wildman–Crippen LogP) is 3.47. The number of carbonyl (C=O) groups excluding carboxylic acids is 1. The summed E-state index contributed by atoms with van der Waals surface area (Å²) >= 11 is 11.9. The fourth-order valence-electron chi connectivity index (χ4n) is 2.56. The van der Waals surface area contributed by atoms with E-state index in [4.69, 9.17) is 32.7 Å². The molecular weight excluding hydrogens is 363 g/mol. The van der Waals surface area contributed by atoms with Gasteiger partial charge in [0.05, 0.1) is 16.6 Å². The zero-order valence-electron chi connectivity index (χ0n) is 13.7. The van der Waals surface area contributed by atoms with Crippen LogP contribution < -0.4 is 14.8 Å². The minimum atomic E-state index is -0.0553. The number of fused-ring (bicyclic) bond motifs is 1. The van der Waals surface area contributed by atoms with Crippen LogP contribution in [0.5, 0.6) is 11.5 Å². The van der Waals surface area contributed by atoms with E-state index in [1.54, 1.807) is 6.07 Å². The second-order valence-corrected chi connectivity index (χ2v) is 6.70. The number of likely N-dealkylation sites (N-methyl/N-ethyl adjacent to an activating group) is 1. The van der Waals surface area contributed by atoms with Crippen molar-refractivity contribution in [2.45, 2.75) is 13.1 Å². The molecule has 1 heterocycles. The molecule has 1 N–H and O–H groups in total. The standard InChI is InChI=1S/C18H18Cl2N2O3/c1-22(9-13-2-4-14(19)15(20)6-13)10-18(23)21-8-12-3-5-16-17(7-12)25-11-24-16/h2-7H,8-11H2,1H3,(H,21,23). The molecule has 132 valence electrons. The summed E-state index contributed by atoms with van der Waals surface area (Å²) in [5.74, 6) is 1.39. The van der Waals surface area contributed by atoms with Crippen LogP contribution in [0.25, 0.3) is 0 Å². The Morgan fingerprint density at radius 1 is 1.08 bits per heavy atom. The third-order valence-electron chi connectivity index (χ3n) is 3.78. The van der Waals surface area contributed by atoms with Gasteiger partial charge in [0.1, 0.15) is 0 Å². The van der Waals surface area contributed by atoms with Gasteiger partial charge in [0.15, 0.2) is 11.5 Å². The van der Waals surface area contributed by atoms with Crippen molar-refractivity contribution in [3.63, 3.8) is 0 Å². The highest BCUT2D eigenvalue weighted by atomic mass is 35.5. The third kappa shape index (κ3) is 4.78. The summed E-state index contributed by atoms with van der Waals surface area (Å²) in [5.41, 5.74) is 1.96. The molecule has 0 atom stereocenters. The lowest BCUT2D eigenvalue weighted by molar-refractivity contribution is -0.122. The highest BCUT2D eigenvalue weighted by Gasteiger charge is 2.14. The van der Waals surface area contributed by atoms with E-state index in [-0.39, 0.29) is 19.2 Å². The molecule has 25 heavy (non-hydrogen) atoms. The van der Waals surface area contributed by atoms with E-state index in [9.17, 15) is 4.79 Å². The second-order valence-electron chi connectivity index (χ2n) is 5.89. The quantitative estimate of drug-likeness (QED) is 0.833. The summed E-state index contributed by atoms with van der Waals surface area (Å²) in [5, 5.41) is 3.94. The predicted molar refractivity (Wildman–Crippen MR) is 97.2 cm³/mol. The van der Waals surface area contributed by atoms with Crippen molar-refractivity contribution in [2.24, 2.45) is 0 Å². The van der Waals surface area contributed by atoms with Gasteiger partial charge in [-0.2, -0.15) is 0 Å². The van der Waals surface area contributed by atoms with Crippen molar-refractivity contribution in [1.29, 1.82) is 0 Å². The van der Waals surface area contributed by atoms with Crippen LogP contribution in [-0.2, 0) is 17.9 Å². The first-order valence-electron chi connectivity index (χ1n) is 7.79. The zero-order valence-corrected chi connectivity index (χ0v) is 15.2. The van der Waals surface area contributed by atoms with Gasteiger partial charge < -0.3 is 14.8 Å². The summed E-state index contributed by atoms with van der Waals surface area (Å²) in [4.78, 5) is 14.0. The molecule has 0 spiro atoms. The largest absolute Gasteiger partial charge is 0.454 e. The highest BCUT2D eigenvalue weighted by Crippen LogP contribution is 2.32. The number of halogens is 2. The summed E-state index contributed by atoms with van der Waals surface area (Å²) in [7, 11) is 1.88. The van der Waals surface area contributed by atoms with E-state index in [1.165, 1.54) is 0 Å². The van der Waals surface area contributed by atoms with Crippen LogP contribution in [0.3, 0.4) is 0 Å². The van der Waals surface area contributed by atoms with Crippen LogP contribution in [0.2, 0.25) is 10.0 Å². The number of rotatable bonds is 6. The van der Waals surface area contributed by atoms with E-state index in [0.29, 0.717) is 28.9 Å². The molecule has 2 aromatic carbocycles. The van der Waals surface area contributed by atoms with Gasteiger partial charge >= 0.3 is 0 Å². The maximum atomic E-state index is 12.1. The molecule has 0 aliphatic carbocycles. The lowest BCUT2D eigenvalue weighted by Crippen LogP contribution is -2.34. The number of nitrogens with one attached hydrogen (secondary N) is 1. The molecular formula is C18H18Cl2N2O3. The van der Waals surface area contributed by atoms with E-state index in [1.807, 2.05) is 42.3 Å². The van der Waals surface area contributed by atoms with Gasteiger partial charge in [0.25, 0.3) is 0 Å². The topological polar surface area (TPSA) is 50.8 Å². The molecule has 0 aromatic heterocycles. The minimum absolute atomic E-state index is 0.0553.